The summed E-state index contributed by atoms with van der Waals surface area (Å²) < 4.78 is 1.74. The number of thiazole rings is 1. The van der Waals surface area contributed by atoms with E-state index in [2.05, 4.69) is 25.4 Å². The lowest BCUT2D eigenvalue weighted by atomic mass is 10.3. The molecule has 28 heavy (non-hydrogen) atoms. The molecule has 3 aromatic heterocycles. The Morgan fingerprint density at radius 2 is 2.04 bits per heavy atom. The third kappa shape index (κ3) is 4.41. The molecule has 140 valence electrons. The molecule has 4 rings (SSSR count). The Bertz CT molecular complexity index is 1080. The predicted molar refractivity (Wildman–Crippen MR) is 107 cm³/mol. The first-order chi connectivity index (χ1) is 13.7. The Morgan fingerprint density at radius 1 is 1.18 bits per heavy atom. The van der Waals surface area contributed by atoms with Crippen molar-refractivity contribution in [2.45, 2.75) is 13.0 Å². The van der Waals surface area contributed by atoms with E-state index in [-0.39, 0.29) is 12.3 Å². The molecule has 0 spiro atoms. The van der Waals surface area contributed by atoms with Crippen molar-refractivity contribution in [2.75, 3.05) is 0 Å². The molecule has 1 amide bonds. The molecule has 0 atom stereocenters. The van der Waals surface area contributed by atoms with Gasteiger partial charge in [0.05, 0.1) is 30.2 Å². The first kappa shape index (κ1) is 18.3. The van der Waals surface area contributed by atoms with E-state index in [4.69, 9.17) is 11.6 Å². The molecule has 0 fully saturated rings. The standard InChI is InChI=1S/C19H15ClN6OS/c20-14-1-3-16(4-2-14)26-11-13(9-24-26)8-23-18(27)7-15-12-28-19(25-15)17-10-21-5-6-22-17/h1-6,9-12H,7-8H2,(H,23,27). The number of rotatable bonds is 6. The third-order valence-electron chi connectivity index (χ3n) is 3.89. The highest BCUT2D eigenvalue weighted by Gasteiger charge is 2.10. The number of halogens is 1. The molecule has 7 nitrogen and oxygen atoms in total. The monoisotopic (exact) mass is 410 g/mol. The van der Waals surface area contributed by atoms with Crippen molar-refractivity contribution in [1.29, 1.82) is 0 Å². The summed E-state index contributed by atoms with van der Waals surface area (Å²) in [5.74, 6) is -0.102. The average molecular weight is 411 g/mol. The van der Waals surface area contributed by atoms with Crippen LogP contribution in [-0.4, -0.2) is 30.6 Å². The predicted octanol–water partition coefficient (Wildman–Crippen LogP) is 3.30. The van der Waals surface area contributed by atoms with Crippen LogP contribution in [0.25, 0.3) is 16.4 Å². The first-order valence-electron chi connectivity index (χ1n) is 8.44. The molecule has 0 saturated carbocycles. The number of nitrogens with one attached hydrogen (secondary N) is 1. The third-order valence-corrected chi connectivity index (χ3v) is 5.06. The van der Waals surface area contributed by atoms with Crippen LogP contribution in [0.1, 0.15) is 11.3 Å². The van der Waals surface area contributed by atoms with Gasteiger partial charge in [-0.05, 0) is 24.3 Å². The number of hydrogen-bond donors (Lipinski definition) is 1. The Labute approximate surface area is 170 Å². The van der Waals surface area contributed by atoms with E-state index in [9.17, 15) is 4.79 Å². The summed E-state index contributed by atoms with van der Waals surface area (Å²) in [4.78, 5) is 24.9. The zero-order valence-electron chi connectivity index (χ0n) is 14.6. The molecule has 3 heterocycles. The number of carbonyl (C=O) groups is 1. The molecule has 1 aromatic carbocycles. The molecule has 0 bridgehead atoms. The van der Waals surface area contributed by atoms with Gasteiger partial charge in [-0.3, -0.25) is 14.8 Å². The van der Waals surface area contributed by atoms with Crippen LogP contribution in [0, 0.1) is 0 Å². The number of aromatic nitrogens is 5. The molecule has 0 aliphatic carbocycles. The molecule has 0 saturated heterocycles. The van der Waals surface area contributed by atoms with Gasteiger partial charge in [0.1, 0.15) is 10.7 Å². The van der Waals surface area contributed by atoms with Crippen LogP contribution < -0.4 is 5.32 Å². The van der Waals surface area contributed by atoms with Gasteiger partial charge in [-0.1, -0.05) is 11.6 Å². The topological polar surface area (TPSA) is 85.6 Å². The number of nitrogens with zero attached hydrogens (tertiary/aromatic N) is 5. The van der Waals surface area contributed by atoms with Crippen molar-refractivity contribution in [1.82, 2.24) is 30.0 Å². The van der Waals surface area contributed by atoms with Gasteiger partial charge in [0.2, 0.25) is 5.91 Å². The zero-order valence-corrected chi connectivity index (χ0v) is 16.2. The smallest absolute Gasteiger partial charge is 0.226 e. The molecule has 9 heteroatoms. The van der Waals surface area contributed by atoms with E-state index in [1.54, 1.807) is 29.5 Å². The fraction of sp³-hybridized carbons (Fsp3) is 0.105. The Kier molecular flexibility index (Phi) is 5.41. The average Bonchev–Trinajstić information content (AvgIpc) is 3.37. The van der Waals surface area contributed by atoms with Gasteiger partial charge in [-0.2, -0.15) is 5.10 Å². The SMILES string of the molecule is O=C(Cc1csc(-c2cnccn2)n1)NCc1cnn(-c2ccc(Cl)cc2)c1. The van der Waals surface area contributed by atoms with E-state index >= 15 is 0 Å². The number of carbonyl (C=O) groups excluding carboxylic acids is 1. The van der Waals surface area contributed by atoms with Gasteiger partial charge < -0.3 is 5.32 Å². The van der Waals surface area contributed by atoms with Crippen LogP contribution in [-0.2, 0) is 17.8 Å². The summed E-state index contributed by atoms with van der Waals surface area (Å²) >= 11 is 7.35. The molecular formula is C19H15ClN6OS. The zero-order chi connectivity index (χ0) is 19.3. The maximum absolute atomic E-state index is 12.2. The molecule has 0 aliphatic rings. The summed E-state index contributed by atoms with van der Waals surface area (Å²) in [6.07, 6.45) is 8.69. The minimum atomic E-state index is -0.102. The molecule has 0 radical (unpaired) electrons. The van der Waals surface area contributed by atoms with E-state index in [0.29, 0.717) is 23.0 Å². The molecule has 0 aliphatic heterocycles. The van der Waals surface area contributed by atoms with Gasteiger partial charge in [-0.15, -0.1) is 11.3 Å². The van der Waals surface area contributed by atoms with Crippen molar-refractivity contribution in [3.8, 4) is 16.4 Å². The van der Waals surface area contributed by atoms with Gasteiger partial charge in [-0.25, -0.2) is 9.67 Å². The highest BCUT2D eigenvalue weighted by atomic mass is 35.5. The highest BCUT2D eigenvalue weighted by Crippen LogP contribution is 2.21. The van der Waals surface area contributed by atoms with Crippen LogP contribution in [0.15, 0.2) is 60.6 Å². The van der Waals surface area contributed by atoms with Gasteiger partial charge >= 0.3 is 0 Å². The van der Waals surface area contributed by atoms with Gasteiger partial charge in [0.15, 0.2) is 0 Å². The lowest BCUT2D eigenvalue weighted by Gasteiger charge is -2.02. The fourth-order valence-corrected chi connectivity index (χ4v) is 3.44. The quantitative estimate of drug-likeness (QED) is 0.527. The van der Waals surface area contributed by atoms with Crippen LogP contribution >= 0.6 is 22.9 Å². The second-order valence-electron chi connectivity index (χ2n) is 5.96. The summed E-state index contributed by atoms with van der Waals surface area (Å²) in [6.45, 7) is 0.396. The van der Waals surface area contributed by atoms with Crippen molar-refractivity contribution in [2.24, 2.45) is 0 Å². The van der Waals surface area contributed by atoms with E-state index in [1.165, 1.54) is 11.3 Å². The summed E-state index contributed by atoms with van der Waals surface area (Å²) in [5.41, 5.74) is 3.22. The van der Waals surface area contributed by atoms with Crippen molar-refractivity contribution >= 4 is 28.8 Å². The lowest BCUT2D eigenvalue weighted by molar-refractivity contribution is -0.120. The second kappa shape index (κ2) is 8.28. The minimum Gasteiger partial charge on any atom is -0.352 e. The Morgan fingerprint density at radius 3 is 2.82 bits per heavy atom. The van der Waals surface area contributed by atoms with Gasteiger partial charge in [0, 0.05) is 41.1 Å². The van der Waals surface area contributed by atoms with Crippen molar-refractivity contribution in [3.63, 3.8) is 0 Å². The molecule has 1 N–H and O–H groups in total. The fourth-order valence-electron chi connectivity index (χ4n) is 2.53. The van der Waals surface area contributed by atoms with Crippen LogP contribution in [0.2, 0.25) is 5.02 Å². The minimum absolute atomic E-state index is 0.102. The Balaban J connectivity index is 1.33. The normalized spacial score (nSPS) is 10.8. The number of hydrogen-bond acceptors (Lipinski definition) is 6. The lowest BCUT2D eigenvalue weighted by Crippen LogP contribution is -2.24. The maximum Gasteiger partial charge on any atom is 0.226 e. The summed E-state index contributed by atoms with van der Waals surface area (Å²) in [6, 6.07) is 7.38. The molecule has 4 aromatic rings. The van der Waals surface area contributed by atoms with Crippen LogP contribution in [0.3, 0.4) is 0 Å². The maximum atomic E-state index is 12.2. The van der Waals surface area contributed by atoms with Gasteiger partial charge in [0.25, 0.3) is 0 Å². The number of amides is 1. The number of benzene rings is 1. The second-order valence-corrected chi connectivity index (χ2v) is 7.25. The van der Waals surface area contributed by atoms with Crippen molar-refractivity contribution in [3.05, 3.63) is 76.9 Å². The Hall–Kier alpha value is -3.10. The largest absolute Gasteiger partial charge is 0.352 e. The molecule has 0 unspecified atom stereocenters. The summed E-state index contributed by atoms with van der Waals surface area (Å²) in [5, 5.41) is 10.5. The summed E-state index contributed by atoms with van der Waals surface area (Å²) in [7, 11) is 0. The highest BCUT2D eigenvalue weighted by molar-refractivity contribution is 7.13. The van der Waals surface area contributed by atoms with Crippen molar-refractivity contribution < 1.29 is 4.79 Å². The van der Waals surface area contributed by atoms with E-state index in [0.717, 1.165) is 16.3 Å². The first-order valence-corrected chi connectivity index (χ1v) is 9.70. The van der Waals surface area contributed by atoms with Crippen LogP contribution in [0.4, 0.5) is 0 Å². The van der Waals surface area contributed by atoms with Crippen LogP contribution in [0.5, 0.6) is 0 Å². The van der Waals surface area contributed by atoms with E-state index < -0.39 is 0 Å². The van der Waals surface area contributed by atoms with E-state index in [1.807, 2.05) is 35.8 Å². The molecular weight excluding hydrogens is 396 g/mol.